The van der Waals surface area contributed by atoms with Gasteiger partial charge in [-0.1, -0.05) is 83.3 Å². The first kappa shape index (κ1) is 33.8. The van der Waals surface area contributed by atoms with Crippen molar-refractivity contribution in [3.8, 4) is 5.75 Å². The van der Waals surface area contributed by atoms with Gasteiger partial charge in [-0.05, 0) is 51.2 Å². The first-order valence-corrected chi connectivity index (χ1v) is 15.3. The van der Waals surface area contributed by atoms with Crippen molar-refractivity contribution in [2.45, 2.75) is 103 Å². The van der Waals surface area contributed by atoms with E-state index in [-0.39, 0.29) is 12.6 Å². The standard InChI is InChI=1S/C29H52NO6P/c1-5-6-7-8-9-10-11-12-13-14-15-21-33-28-19-16-18-27(23-28)24-29(36-26(2)31)25-35-37(32)34-22-17-20-30(3)4/h16,18-19,23,29,32H,5-15,17,20-22,24-25H2,1-4H3. The molecular formula is C29H52NO6P. The molecule has 1 aromatic rings. The van der Waals surface area contributed by atoms with E-state index in [4.69, 9.17) is 18.5 Å². The fraction of sp³-hybridized carbons (Fsp3) is 0.759. The van der Waals surface area contributed by atoms with E-state index in [1.807, 2.05) is 38.4 Å². The number of carbonyl (C=O) groups excluding carboxylic acids is 1. The Bertz CT molecular complexity index is 690. The summed E-state index contributed by atoms with van der Waals surface area (Å²) in [6.45, 7) is 5.70. The lowest BCUT2D eigenvalue weighted by molar-refractivity contribution is -0.147. The van der Waals surface area contributed by atoms with Crippen LogP contribution in [0.15, 0.2) is 24.3 Å². The smallest absolute Gasteiger partial charge is 0.329 e. The lowest BCUT2D eigenvalue weighted by Gasteiger charge is -2.19. The molecule has 214 valence electrons. The lowest BCUT2D eigenvalue weighted by Crippen LogP contribution is -2.24. The van der Waals surface area contributed by atoms with Crippen molar-refractivity contribution in [2.24, 2.45) is 0 Å². The van der Waals surface area contributed by atoms with Crippen LogP contribution in [-0.4, -0.2) is 62.3 Å². The van der Waals surface area contributed by atoms with Crippen LogP contribution in [0.1, 0.15) is 96.5 Å². The van der Waals surface area contributed by atoms with Gasteiger partial charge in [0.1, 0.15) is 11.9 Å². The molecule has 0 amide bonds. The highest BCUT2D eigenvalue weighted by Crippen LogP contribution is 2.33. The Morgan fingerprint density at radius 3 is 2.19 bits per heavy atom. The summed E-state index contributed by atoms with van der Waals surface area (Å²) in [5, 5.41) is 0. The molecule has 37 heavy (non-hydrogen) atoms. The molecular weight excluding hydrogens is 489 g/mol. The van der Waals surface area contributed by atoms with Crippen LogP contribution < -0.4 is 4.74 Å². The van der Waals surface area contributed by atoms with Gasteiger partial charge in [-0.2, -0.15) is 0 Å². The summed E-state index contributed by atoms with van der Waals surface area (Å²) in [6, 6.07) is 7.86. The molecule has 0 aliphatic heterocycles. The molecule has 1 N–H and O–H groups in total. The minimum Gasteiger partial charge on any atom is -0.494 e. The number of nitrogens with zero attached hydrogens (tertiary/aromatic N) is 1. The summed E-state index contributed by atoms with van der Waals surface area (Å²) in [4.78, 5) is 23.6. The van der Waals surface area contributed by atoms with Crippen LogP contribution in [0.4, 0.5) is 0 Å². The molecule has 0 aliphatic rings. The molecule has 0 bridgehead atoms. The third-order valence-corrected chi connectivity index (χ3v) is 6.81. The summed E-state index contributed by atoms with van der Waals surface area (Å²) in [7, 11) is 1.97. The molecule has 0 saturated carbocycles. The zero-order valence-corrected chi connectivity index (χ0v) is 24.7. The maximum atomic E-state index is 11.6. The molecule has 0 aromatic heterocycles. The van der Waals surface area contributed by atoms with E-state index in [1.165, 1.54) is 71.1 Å². The Kier molecular flexibility index (Phi) is 20.7. The predicted molar refractivity (Wildman–Crippen MR) is 152 cm³/mol. The van der Waals surface area contributed by atoms with E-state index in [2.05, 4.69) is 11.8 Å². The number of benzene rings is 1. The fourth-order valence-electron chi connectivity index (χ4n) is 4.06. The topological polar surface area (TPSA) is 77.5 Å². The first-order chi connectivity index (χ1) is 17.9. The second kappa shape index (κ2) is 22.7. The largest absolute Gasteiger partial charge is 0.494 e. The van der Waals surface area contributed by atoms with Gasteiger partial charge in [0.2, 0.25) is 0 Å². The van der Waals surface area contributed by atoms with Gasteiger partial charge in [0.05, 0.1) is 19.8 Å². The highest BCUT2D eigenvalue weighted by Gasteiger charge is 2.17. The Hall–Kier alpha value is -1.24. The van der Waals surface area contributed by atoms with Crippen molar-refractivity contribution in [1.29, 1.82) is 0 Å². The summed E-state index contributed by atoms with van der Waals surface area (Å²) < 4.78 is 22.2. The zero-order chi connectivity index (χ0) is 27.1. The number of hydrogen-bond donors (Lipinski definition) is 1. The van der Waals surface area contributed by atoms with Crippen LogP contribution in [0, 0.1) is 0 Å². The first-order valence-electron chi connectivity index (χ1n) is 14.2. The average Bonchev–Trinajstić information content (AvgIpc) is 2.85. The third-order valence-electron chi connectivity index (χ3n) is 6.03. The number of carbonyl (C=O) groups is 1. The van der Waals surface area contributed by atoms with Gasteiger partial charge >= 0.3 is 14.6 Å². The maximum Gasteiger partial charge on any atom is 0.329 e. The van der Waals surface area contributed by atoms with Crippen molar-refractivity contribution in [3.05, 3.63) is 29.8 Å². The van der Waals surface area contributed by atoms with Crippen molar-refractivity contribution in [3.63, 3.8) is 0 Å². The van der Waals surface area contributed by atoms with E-state index in [1.54, 1.807) is 0 Å². The van der Waals surface area contributed by atoms with Gasteiger partial charge in [0, 0.05) is 13.3 Å². The van der Waals surface area contributed by atoms with Crippen LogP contribution in [0.25, 0.3) is 0 Å². The van der Waals surface area contributed by atoms with Gasteiger partial charge in [-0.3, -0.25) is 4.79 Å². The third kappa shape index (κ3) is 20.4. The molecule has 0 radical (unpaired) electrons. The number of esters is 1. The van der Waals surface area contributed by atoms with Crippen LogP contribution in [0.5, 0.6) is 5.75 Å². The Morgan fingerprint density at radius 1 is 0.919 bits per heavy atom. The number of hydrogen-bond acceptors (Lipinski definition) is 7. The molecule has 7 nitrogen and oxygen atoms in total. The minimum atomic E-state index is -2.01. The van der Waals surface area contributed by atoms with E-state index < -0.39 is 14.7 Å². The van der Waals surface area contributed by atoms with Gasteiger partial charge in [0.15, 0.2) is 0 Å². The molecule has 2 unspecified atom stereocenters. The van der Waals surface area contributed by atoms with Crippen LogP contribution >= 0.6 is 8.60 Å². The average molecular weight is 542 g/mol. The molecule has 8 heteroatoms. The monoisotopic (exact) mass is 541 g/mol. The van der Waals surface area contributed by atoms with Gasteiger partial charge in [0.25, 0.3) is 0 Å². The number of ether oxygens (including phenoxy) is 2. The summed E-state index contributed by atoms with van der Waals surface area (Å²) in [6.07, 6.45) is 15.2. The highest BCUT2D eigenvalue weighted by atomic mass is 31.2. The van der Waals surface area contributed by atoms with E-state index in [9.17, 15) is 9.69 Å². The molecule has 0 fully saturated rings. The van der Waals surface area contributed by atoms with Crippen LogP contribution in [0.2, 0.25) is 0 Å². The second-order valence-corrected chi connectivity index (χ2v) is 11.0. The van der Waals surface area contributed by atoms with E-state index in [0.717, 1.165) is 30.7 Å². The molecule has 1 rings (SSSR count). The van der Waals surface area contributed by atoms with Gasteiger partial charge in [-0.15, -0.1) is 0 Å². The maximum absolute atomic E-state index is 11.6. The minimum absolute atomic E-state index is 0.0687. The second-order valence-electron chi connectivity index (χ2n) is 9.99. The normalized spacial score (nSPS) is 13.0. The SMILES string of the molecule is CCCCCCCCCCCCCOc1cccc(CC(COP(O)OCCCN(C)C)OC(C)=O)c1. The molecule has 0 aliphatic carbocycles. The van der Waals surface area contributed by atoms with Crippen molar-refractivity contribution < 1.29 is 28.2 Å². The predicted octanol–water partition coefficient (Wildman–Crippen LogP) is 7.05. The molecule has 1 aromatic carbocycles. The van der Waals surface area contributed by atoms with Crippen molar-refractivity contribution in [1.82, 2.24) is 4.90 Å². The fourth-order valence-corrected chi connectivity index (χ4v) is 4.71. The molecule has 0 heterocycles. The summed E-state index contributed by atoms with van der Waals surface area (Å²) in [5.74, 6) is 0.437. The van der Waals surface area contributed by atoms with Crippen LogP contribution in [-0.2, 0) is 25.0 Å². The van der Waals surface area contributed by atoms with Crippen molar-refractivity contribution >= 4 is 14.6 Å². The van der Waals surface area contributed by atoms with Crippen molar-refractivity contribution in [2.75, 3.05) is 40.5 Å². The van der Waals surface area contributed by atoms with Gasteiger partial charge < -0.3 is 28.3 Å². The summed E-state index contributed by atoms with van der Waals surface area (Å²) in [5.41, 5.74) is 0.987. The van der Waals surface area contributed by atoms with Gasteiger partial charge in [-0.25, -0.2) is 0 Å². The zero-order valence-electron chi connectivity index (χ0n) is 23.8. The quantitative estimate of drug-likeness (QED) is 0.0853. The number of unbranched alkanes of at least 4 members (excludes halogenated alkanes) is 10. The van der Waals surface area contributed by atoms with E-state index >= 15 is 0 Å². The molecule has 0 spiro atoms. The summed E-state index contributed by atoms with van der Waals surface area (Å²) >= 11 is 0. The molecule has 0 saturated heterocycles. The number of rotatable bonds is 24. The van der Waals surface area contributed by atoms with Crippen LogP contribution in [0.3, 0.4) is 0 Å². The Balaban J connectivity index is 2.28. The Morgan fingerprint density at radius 2 is 1.57 bits per heavy atom. The lowest BCUT2D eigenvalue weighted by atomic mass is 10.1. The molecule has 2 atom stereocenters. The Labute approximate surface area is 227 Å². The van der Waals surface area contributed by atoms with E-state index in [0.29, 0.717) is 19.6 Å². The highest BCUT2D eigenvalue weighted by molar-refractivity contribution is 7.40.